The second-order valence-corrected chi connectivity index (χ2v) is 8.73. The van der Waals surface area contributed by atoms with Crippen LogP contribution >= 0.6 is 0 Å². The normalized spacial score (nSPS) is 10.7. The molecule has 2 N–H and O–H groups in total. The van der Waals surface area contributed by atoms with Crippen molar-refractivity contribution in [1.29, 1.82) is 0 Å². The first-order chi connectivity index (χ1) is 16.6. The van der Waals surface area contributed by atoms with E-state index >= 15 is 0 Å². The first-order valence-electron chi connectivity index (χ1n) is 11.2. The summed E-state index contributed by atoms with van der Waals surface area (Å²) in [6.07, 6.45) is 0. The molecular weight excluding hydrogens is 440 g/mol. The van der Waals surface area contributed by atoms with Crippen LogP contribution in [0, 0.1) is 27.7 Å². The SMILES string of the molecule is Cc1cc(C(=O)c2ccc(Oc3ccc(C(=O)c4cc(C)c(O)c(C)c4)cc3)cc2)cc(C)c1O. The maximum atomic E-state index is 12.8. The van der Waals surface area contributed by atoms with Crippen LogP contribution in [-0.2, 0) is 0 Å². The van der Waals surface area contributed by atoms with Gasteiger partial charge in [0.25, 0.3) is 0 Å². The van der Waals surface area contributed by atoms with Crippen LogP contribution in [0.15, 0.2) is 72.8 Å². The highest BCUT2D eigenvalue weighted by atomic mass is 16.5. The number of benzene rings is 4. The average molecular weight is 467 g/mol. The number of aromatic hydroxyl groups is 2. The van der Waals surface area contributed by atoms with Crippen molar-refractivity contribution >= 4 is 11.6 Å². The number of rotatable bonds is 6. The van der Waals surface area contributed by atoms with E-state index in [1.807, 2.05) is 0 Å². The minimum absolute atomic E-state index is 0.134. The molecule has 0 unspecified atom stereocenters. The van der Waals surface area contributed by atoms with Gasteiger partial charge in [-0.3, -0.25) is 9.59 Å². The van der Waals surface area contributed by atoms with Crippen LogP contribution in [0.3, 0.4) is 0 Å². The Morgan fingerprint density at radius 2 is 0.800 bits per heavy atom. The molecule has 0 heterocycles. The lowest BCUT2D eigenvalue weighted by atomic mass is 9.98. The molecule has 0 radical (unpaired) electrons. The Morgan fingerprint density at radius 1 is 0.514 bits per heavy atom. The Kier molecular flexibility index (Phi) is 6.43. The van der Waals surface area contributed by atoms with E-state index < -0.39 is 0 Å². The molecule has 0 saturated carbocycles. The van der Waals surface area contributed by atoms with Crippen molar-refractivity contribution in [1.82, 2.24) is 0 Å². The molecule has 176 valence electrons. The van der Waals surface area contributed by atoms with E-state index in [1.54, 1.807) is 100 Å². The molecule has 0 fully saturated rings. The monoisotopic (exact) mass is 466 g/mol. The fourth-order valence-electron chi connectivity index (χ4n) is 3.99. The standard InChI is InChI=1S/C30H26O5/c1-17-13-23(14-18(2)27(17)31)29(33)21-5-9-25(10-6-21)35-26-11-7-22(8-12-26)30(34)24-15-19(3)28(32)20(4)16-24/h5-16,31-32H,1-4H3. The summed E-state index contributed by atoms with van der Waals surface area (Å²) in [5, 5.41) is 19.9. The zero-order valence-electron chi connectivity index (χ0n) is 20.0. The topological polar surface area (TPSA) is 83.8 Å². The predicted molar refractivity (Wildman–Crippen MR) is 135 cm³/mol. The number of ether oxygens (including phenoxy) is 1. The average Bonchev–Trinajstić information content (AvgIpc) is 2.85. The molecule has 0 amide bonds. The number of hydrogen-bond donors (Lipinski definition) is 2. The molecule has 0 aromatic heterocycles. The molecule has 0 bridgehead atoms. The summed E-state index contributed by atoms with van der Waals surface area (Å²) in [4.78, 5) is 25.7. The Hall–Kier alpha value is -4.38. The fraction of sp³-hybridized carbons (Fsp3) is 0.133. The molecule has 0 aliphatic carbocycles. The zero-order chi connectivity index (χ0) is 25.3. The van der Waals surface area contributed by atoms with Crippen molar-refractivity contribution < 1.29 is 24.5 Å². The first-order valence-corrected chi connectivity index (χ1v) is 11.2. The van der Waals surface area contributed by atoms with Crippen molar-refractivity contribution in [3.05, 3.63) is 117 Å². The summed E-state index contributed by atoms with van der Waals surface area (Å²) in [6, 6.07) is 20.4. The van der Waals surface area contributed by atoms with Crippen molar-refractivity contribution in [3.8, 4) is 23.0 Å². The lowest BCUT2D eigenvalue weighted by molar-refractivity contribution is 0.103. The molecule has 0 aliphatic heterocycles. The van der Waals surface area contributed by atoms with E-state index in [9.17, 15) is 19.8 Å². The highest BCUT2D eigenvalue weighted by Gasteiger charge is 2.14. The molecule has 4 aromatic carbocycles. The van der Waals surface area contributed by atoms with Crippen LogP contribution in [0.5, 0.6) is 23.0 Å². The van der Waals surface area contributed by atoms with Crippen LogP contribution in [0.1, 0.15) is 54.1 Å². The van der Waals surface area contributed by atoms with Gasteiger partial charge in [0, 0.05) is 22.3 Å². The number of hydrogen-bond acceptors (Lipinski definition) is 5. The van der Waals surface area contributed by atoms with E-state index in [0.717, 1.165) is 0 Å². The smallest absolute Gasteiger partial charge is 0.193 e. The molecule has 0 spiro atoms. The summed E-state index contributed by atoms with van der Waals surface area (Å²) in [5.41, 5.74) is 4.70. The number of phenolic OH excluding ortho intramolecular Hbond substituents is 2. The molecule has 4 rings (SSSR count). The van der Waals surface area contributed by atoms with Crippen LogP contribution in [0.4, 0.5) is 0 Å². The number of ketones is 2. The highest BCUT2D eigenvalue weighted by molar-refractivity contribution is 6.10. The van der Waals surface area contributed by atoms with Crippen LogP contribution in [0.25, 0.3) is 0 Å². The van der Waals surface area contributed by atoms with Gasteiger partial charge in [0.05, 0.1) is 0 Å². The minimum atomic E-state index is -0.134. The van der Waals surface area contributed by atoms with E-state index in [-0.39, 0.29) is 23.1 Å². The third-order valence-electron chi connectivity index (χ3n) is 5.98. The van der Waals surface area contributed by atoms with Crippen LogP contribution in [-0.4, -0.2) is 21.8 Å². The number of carbonyl (C=O) groups is 2. The Balaban J connectivity index is 1.47. The van der Waals surface area contributed by atoms with Crippen molar-refractivity contribution in [2.75, 3.05) is 0 Å². The van der Waals surface area contributed by atoms with E-state index in [4.69, 9.17) is 4.74 Å². The van der Waals surface area contributed by atoms with Crippen LogP contribution < -0.4 is 4.74 Å². The van der Waals surface area contributed by atoms with Gasteiger partial charge in [-0.25, -0.2) is 0 Å². The van der Waals surface area contributed by atoms with Gasteiger partial charge < -0.3 is 14.9 Å². The largest absolute Gasteiger partial charge is 0.507 e. The number of phenols is 2. The number of carbonyl (C=O) groups excluding carboxylic acids is 2. The molecular formula is C30H26O5. The van der Waals surface area contributed by atoms with Crippen molar-refractivity contribution in [2.24, 2.45) is 0 Å². The fourth-order valence-corrected chi connectivity index (χ4v) is 3.99. The quantitative estimate of drug-likeness (QED) is 0.313. The summed E-state index contributed by atoms with van der Waals surface area (Å²) >= 11 is 0. The summed E-state index contributed by atoms with van der Waals surface area (Å²) in [6.45, 7) is 7.06. The van der Waals surface area contributed by atoms with Gasteiger partial charge in [0.1, 0.15) is 23.0 Å². The van der Waals surface area contributed by atoms with Gasteiger partial charge in [0.15, 0.2) is 11.6 Å². The Morgan fingerprint density at radius 3 is 1.09 bits per heavy atom. The second-order valence-electron chi connectivity index (χ2n) is 8.73. The third kappa shape index (κ3) is 4.94. The van der Waals surface area contributed by atoms with Gasteiger partial charge >= 0.3 is 0 Å². The minimum Gasteiger partial charge on any atom is -0.507 e. The molecule has 0 saturated heterocycles. The maximum absolute atomic E-state index is 12.8. The summed E-state index contributed by atoms with van der Waals surface area (Å²) in [5.74, 6) is 1.25. The molecule has 0 aliphatic rings. The Bertz CT molecular complexity index is 1270. The van der Waals surface area contributed by atoms with E-state index in [1.165, 1.54) is 0 Å². The lowest BCUT2D eigenvalue weighted by Crippen LogP contribution is -2.03. The Labute approximate surface area is 204 Å². The summed E-state index contributed by atoms with van der Waals surface area (Å²) in [7, 11) is 0. The maximum Gasteiger partial charge on any atom is 0.193 e. The molecule has 4 aromatic rings. The highest BCUT2D eigenvalue weighted by Crippen LogP contribution is 2.28. The van der Waals surface area contributed by atoms with Gasteiger partial charge in [0.2, 0.25) is 0 Å². The third-order valence-corrected chi connectivity index (χ3v) is 5.98. The lowest BCUT2D eigenvalue weighted by Gasteiger charge is -2.10. The van der Waals surface area contributed by atoms with E-state index in [0.29, 0.717) is 56.0 Å². The van der Waals surface area contributed by atoms with Gasteiger partial charge in [-0.1, -0.05) is 0 Å². The molecule has 5 nitrogen and oxygen atoms in total. The van der Waals surface area contributed by atoms with Crippen molar-refractivity contribution in [2.45, 2.75) is 27.7 Å². The van der Waals surface area contributed by atoms with Crippen molar-refractivity contribution in [3.63, 3.8) is 0 Å². The van der Waals surface area contributed by atoms with Gasteiger partial charge in [-0.05, 0) is 123 Å². The summed E-state index contributed by atoms with van der Waals surface area (Å²) < 4.78 is 5.88. The predicted octanol–water partition coefficient (Wildman–Crippen LogP) is 6.59. The van der Waals surface area contributed by atoms with E-state index in [2.05, 4.69) is 0 Å². The number of aryl methyl sites for hydroxylation is 4. The molecule has 5 heteroatoms. The molecule has 0 atom stereocenters. The first kappa shape index (κ1) is 23.8. The van der Waals surface area contributed by atoms with Gasteiger partial charge in [-0.15, -0.1) is 0 Å². The second kappa shape index (κ2) is 9.47. The van der Waals surface area contributed by atoms with Crippen LogP contribution in [0.2, 0.25) is 0 Å². The van der Waals surface area contributed by atoms with Gasteiger partial charge in [-0.2, -0.15) is 0 Å². The molecule has 35 heavy (non-hydrogen) atoms. The zero-order valence-corrected chi connectivity index (χ0v) is 20.0.